The van der Waals surface area contributed by atoms with Crippen molar-refractivity contribution in [2.45, 2.75) is 26.7 Å². The van der Waals surface area contributed by atoms with Crippen LogP contribution in [-0.2, 0) is 4.79 Å². The molecule has 1 aromatic carbocycles. The van der Waals surface area contributed by atoms with Gasteiger partial charge < -0.3 is 10.6 Å². The molecule has 0 saturated carbocycles. The Morgan fingerprint density at radius 1 is 1.22 bits per heavy atom. The molecule has 1 amide bonds. The van der Waals surface area contributed by atoms with Gasteiger partial charge in [0, 0.05) is 24.9 Å². The van der Waals surface area contributed by atoms with E-state index in [2.05, 4.69) is 30.9 Å². The largest absolute Gasteiger partial charge is 0.372 e. The second kappa shape index (κ2) is 5.25. The number of carbonyl (C=O) groups is 1. The number of hydrogen-bond donors (Lipinski definition) is 1. The first-order valence-electron chi connectivity index (χ1n) is 6.41. The number of hydrogen-bond acceptors (Lipinski definition) is 2. The third-order valence-corrected chi connectivity index (χ3v) is 3.46. The summed E-state index contributed by atoms with van der Waals surface area (Å²) >= 11 is 0. The molecule has 1 heterocycles. The maximum atomic E-state index is 10.8. The monoisotopic (exact) mass is 244 g/mol. The van der Waals surface area contributed by atoms with Gasteiger partial charge in [-0.05, 0) is 61.6 Å². The van der Waals surface area contributed by atoms with Crippen molar-refractivity contribution in [3.8, 4) is 0 Å². The second-order valence-corrected chi connectivity index (χ2v) is 4.92. The SMILES string of the molecule is Cc1cc(N2CCCC2)cc(C)c1/C=C/C(N)=O. The minimum absolute atomic E-state index is 0.405. The molecular formula is C15H20N2O. The molecule has 3 nitrogen and oxygen atoms in total. The molecule has 1 saturated heterocycles. The van der Waals surface area contributed by atoms with Crippen molar-refractivity contribution in [3.63, 3.8) is 0 Å². The number of rotatable bonds is 3. The average molecular weight is 244 g/mol. The van der Waals surface area contributed by atoms with Crippen LogP contribution in [0.15, 0.2) is 18.2 Å². The summed E-state index contributed by atoms with van der Waals surface area (Å²) in [7, 11) is 0. The quantitative estimate of drug-likeness (QED) is 0.830. The summed E-state index contributed by atoms with van der Waals surface area (Å²) in [5.41, 5.74) is 9.90. The fraction of sp³-hybridized carbons (Fsp3) is 0.400. The number of primary amides is 1. The summed E-state index contributed by atoms with van der Waals surface area (Å²) in [4.78, 5) is 13.2. The third kappa shape index (κ3) is 2.73. The van der Waals surface area contributed by atoms with Crippen LogP contribution in [0.4, 0.5) is 5.69 Å². The van der Waals surface area contributed by atoms with E-state index >= 15 is 0 Å². The number of nitrogens with two attached hydrogens (primary N) is 1. The Morgan fingerprint density at radius 2 is 1.78 bits per heavy atom. The summed E-state index contributed by atoms with van der Waals surface area (Å²) in [6, 6.07) is 4.39. The van der Waals surface area contributed by atoms with Crippen molar-refractivity contribution in [1.29, 1.82) is 0 Å². The molecule has 0 unspecified atom stereocenters. The summed E-state index contributed by atoms with van der Waals surface area (Å²) in [6.07, 6.45) is 5.79. The summed E-state index contributed by atoms with van der Waals surface area (Å²) in [5, 5.41) is 0. The Balaban J connectivity index is 2.31. The van der Waals surface area contributed by atoms with Gasteiger partial charge in [0.05, 0.1) is 0 Å². The Morgan fingerprint density at radius 3 is 2.28 bits per heavy atom. The highest BCUT2D eigenvalue weighted by molar-refractivity contribution is 5.90. The Kier molecular flexibility index (Phi) is 3.70. The molecule has 1 aliphatic rings. The van der Waals surface area contributed by atoms with E-state index < -0.39 is 5.91 Å². The van der Waals surface area contributed by atoms with E-state index in [-0.39, 0.29) is 0 Å². The average Bonchev–Trinajstić information content (AvgIpc) is 2.80. The van der Waals surface area contributed by atoms with Gasteiger partial charge in [-0.25, -0.2) is 0 Å². The van der Waals surface area contributed by atoms with Gasteiger partial charge in [-0.1, -0.05) is 0 Å². The predicted molar refractivity (Wildman–Crippen MR) is 75.6 cm³/mol. The molecule has 96 valence electrons. The third-order valence-electron chi connectivity index (χ3n) is 3.46. The minimum Gasteiger partial charge on any atom is -0.372 e. The Bertz CT molecular complexity index is 462. The van der Waals surface area contributed by atoms with Crippen molar-refractivity contribution in [2.75, 3.05) is 18.0 Å². The van der Waals surface area contributed by atoms with Crippen molar-refractivity contribution < 1.29 is 4.79 Å². The normalized spacial score (nSPS) is 15.6. The molecule has 0 aromatic heterocycles. The molecule has 1 aromatic rings. The van der Waals surface area contributed by atoms with Crippen LogP contribution < -0.4 is 10.6 Å². The number of nitrogens with zero attached hydrogens (tertiary/aromatic N) is 1. The maximum Gasteiger partial charge on any atom is 0.241 e. The zero-order valence-corrected chi connectivity index (χ0v) is 11.1. The smallest absolute Gasteiger partial charge is 0.241 e. The number of carbonyl (C=O) groups excluding carboxylic acids is 1. The molecular weight excluding hydrogens is 224 g/mol. The van der Waals surface area contributed by atoms with Crippen LogP contribution in [0.1, 0.15) is 29.5 Å². The molecule has 0 radical (unpaired) electrons. The standard InChI is InChI=1S/C15H20N2O/c1-11-9-13(17-7-3-4-8-17)10-12(2)14(11)5-6-15(16)18/h5-6,9-10H,3-4,7-8H2,1-2H3,(H2,16,18)/b6-5+. The lowest BCUT2D eigenvalue weighted by Gasteiger charge is -2.20. The lowest BCUT2D eigenvalue weighted by atomic mass is 10.0. The molecule has 1 fully saturated rings. The summed E-state index contributed by atoms with van der Waals surface area (Å²) in [6.45, 7) is 6.45. The van der Waals surface area contributed by atoms with Gasteiger partial charge in [0.1, 0.15) is 0 Å². The first kappa shape index (κ1) is 12.7. The van der Waals surface area contributed by atoms with Crippen molar-refractivity contribution in [3.05, 3.63) is 34.9 Å². The van der Waals surface area contributed by atoms with E-state index in [1.807, 2.05) is 0 Å². The zero-order chi connectivity index (χ0) is 13.1. The van der Waals surface area contributed by atoms with Gasteiger partial charge in [-0.15, -0.1) is 0 Å². The van der Waals surface area contributed by atoms with Gasteiger partial charge in [0.15, 0.2) is 0 Å². The van der Waals surface area contributed by atoms with Crippen molar-refractivity contribution >= 4 is 17.7 Å². The van der Waals surface area contributed by atoms with Crippen LogP contribution in [0.2, 0.25) is 0 Å². The molecule has 1 aliphatic heterocycles. The van der Waals surface area contributed by atoms with E-state index in [1.54, 1.807) is 6.08 Å². The van der Waals surface area contributed by atoms with Gasteiger partial charge >= 0.3 is 0 Å². The van der Waals surface area contributed by atoms with Crippen LogP contribution in [0.5, 0.6) is 0 Å². The Labute approximate surface area is 108 Å². The summed E-state index contributed by atoms with van der Waals surface area (Å²) < 4.78 is 0. The van der Waals surface area contributed by atoms with Crippen LogP contribution >= 0.6 is 0 Å². The number of aryl methyl sites for hydroxylation is 2. The first-order valence-corrected chi connectivity index (χ1v) is 6.41. The van der Waals surface area contributed by atoms with E-state index in [4.69, 9.17) is 5.73 Å². The molecule has 3 heteroatoms. The van der Waals surface area contributed by atoms with Crippen LogP contribution in [-0.4, -0.2) is 19.0 Å². The topological polar surface area (TPSA) is 46.3 Å². The van der Waals surface area contributed by atoms with E-state index in [0.717, 1.165) is 18.7 Å². The van der Waals surface area contributed by atoms with Gasteiger partial charge in [-0.2, -0.15) is 0 Å². The van der Waals surface area contributed by atoms with E-state index in [0.29, 0.717) is 0 Å². The number of anilines is 1. The van der Waals surface area contributed by atoms with Crippen LogP contribution in [0.25, 0.3) is 6.08 Å². The molecule has 0 atom stereocenters. The minimum atomic E-state index is -0.405. The van der Waals surface area contributed by atoms with Crippen LogP contribution in [0, 0.1) is 13.8 Å². The maximum absolute atomic E-state index is 10.8. The molecule has 2 rings (SSSR count). The fourth-order valence-electron chi connectivity index (χ4n) is 2.54. The lowest BCUT2D eigenvalue weighted by molar-refractivity contribution is -0.113. The van der Waals surface area contributed by atoms with E-state index in [9.17, 15) is 4.79 Å². The molecule has 2 N–H and O–H groups in total. The first-order chi connectivity index (χ1) is 8.58. The van der Waals surface area contributed by atoms with Crippen LogP contribution in [0.3, 0.4) is 0 Å². The predicted octanol–water partition coefficient (Wildman–Crippen LogP) is 2.40. The second-order valence-electron chi connectivity index (χ2n) is 4.92. The van der Waals surface area contributed by atoms with Gasteiger partial charge in [-0.3, -0.25) is 4.79 Å². The zero-order valence-electron chi connectivity index (χ0n) is 11.1. The van der Waals surface area contributed by atoms with Crippen molar-refractivity contribution in [2.24, 2.45) is 5.73 Å². The highest BCUT2D eigenvalue weighted by Gasteiger charge is 2.13. The van der Waals surface area contributed by atoms with Gasteiger partial charge in [0.25, 0.3) is 0 Å². The fourth-order valence-corrected chi connectivity index (χ4v) is 2.54. The Hall–Kier alpha value is -1.77. The summed E-state index contributed by atoms with van der Waals surface area (Å²) in [5.74, 6) is -0.405. The number of amides is 1. The van der Waals surface area contributed by atoms with Crippen molar-refractivity contribution in [1.82, 2.24) is 0 Å². The molecule has 0 spiro atoms. The molecule has 0 aliphatic carbocycles. The molecule has 18 heavy (non-hydrogen) atoms. The molecule has 0 bridgehead atoms. The number of benzene rings is 1. The van der Waals surface area contributed by atoms with Gasteiger partial charge in [0.2, 0.25) is 5.91 Å². The highest BCUT2D eigenvalue weighted by atomic mass is 16.1. The van der Waals surface area contributed by atoms with E-state index in [1.165, 1.54) is 35.7 Å². The lowest BCUT2D eigenvalue weighted by Crippen LogP contribution is -2.18. The highest BCUT2D eigenvalue weighted by Crippen LogP contribution is 2.26.